The number of sulfonamides is 1. The number of carbonyl (C=O) groups is 2. The highest BCUT2D eigenvalue weighted by Crippen LogP contribution is 2.23. The molecule has 11 nitrogen and oxygen atoms in total. The van der Waals surface area contributed by atoms with Crippen molar-refractivity contribution in [1.82, 2.24) is 9.88 Å². The van der Waals surface area contributed by atoms with Gasteiger partial charge < -0.3 is 29.2 Å². The molecule has 12 heteroatoms. The lowest BCUT2D eigenvalue weighted by Crippen LogP contribution is -2.42. The van der Waals surface area contributed by atoms with Crippen molar-refractivity contribution in [2.75, 3.05) is 17.9 Å². The van der Waals surface area contributed by atoms with Crippen molar-refractivity contribution in [2.45, 2.75) is 63.5 Å². The van der Waals surface area contributed by atoms with Crippen LogP contribution in [0.4, 0.5) is 10.5 Å². The van der Waals surface area contributed by atoms with E-state index in [0.717, 1.165) is 17.3 Å². The molecule has 0 radical (unpaired) electrons. The third kappa shape index (κ3) is 9.30. The monoisotopic (exact) mass is 637 g/mol. The molecule has 0 bridgehead atoms. The molecule has 0 aliphatic carbocycles. The Morgan fingerprint density at radius 1 is 0.978 bits per heavy atom. The van der Waals surface area contributed by atoms with Gasteiger partial charge in [-0.3, -0.25) is 4.72 Å². The number of aliphatic hydroxyl groups is 1. The molecule has 0 aliphatic rings. The van der Waals surface area contributed by atoms with Gasteiger partial charge in [-0.1, -0.05) is 30.3 Å². The van der Waals surface area contributed by atoms with E-state index in [-0.39, 0.29) is 23.6 Å². The van der Waals surface area contributed by atoms with Crippen LogP contribution in [0.3, 0.4) is 0 Å². The molecule has 0 fully saturated rings. The van der Waals surface area contributed by atoms with Gasteiger partial charge in [-0.25, -0.2) is 18.0 Å². The Labute approximate surface area is 263 Å². The summed E-state index contributed by atoms with van der Waals surface area (Å²) in [6.45, 7) is 8.26. The van der Waals surface area contributed by atoms with Crippen molar-refractivity contribution in [1.29, 1.82) is 0 Å². The molecular formula is C33H39N3O8S. The smallest absolute Gasteiger partial charge is 0.435 e. The van der Waals surface area contributed by atoms with Crippen LogP contribution in [0.15, 0.2) is 90.0 Å². The number of aryl methyl sites for hydroxylation is 1. The maximum Gasteiger partial charge on any atom is 0.511 e. The number of hydrogen-bond donors (Lipinski definition) is 3. The van der Waals surface area contributed by atoms with Crippen LogP contribution in [-0.2, 0) is 30.8 Å². The minimum atomic E-state index is -3.75. The van der Waals surface area contributed by atoms with Crippen LogP contribution in [0.2, 0.25) is 0 Å². The average molecular weight is 638 g/mol. The molecule has 1 heterocycles. The zero-order chi connectivity index (χ0) is 32.6. The van der Waals surface area contributed by atoms with Gasteiger partial charge >= 0.3 is 12.1 Å². The van der Waals surface area contributed by atoms with E-state index >= 15 is 0 Å². The van der Waals surface area contributed by atoms with E-state index in [1.165, 1.54) is 19.1 Å². The summed E-state index contributed by atoms with van der Waals surface area (Å²) in [6.07, 6.45) is -0.189. The largest absolute Gasteiger partial charge is 0.511 e. The van der Waals surface area contributed by atoms with E-state index in [1.54, 1.807) is 61.5 Å². The third-order valence-corrected chi connectivity index (χ3v) is 8.53. The second-order valence-electron chi connectivity index (χ2n) is 11.1. The molecule has 2 atom stereocenters. The van der Waals surface area contributed by atoms with Crippen LogP contribution >= 0.6 is 0 Å². The Morgan fingerprint density at radius 2 is 1.73 bits per heavy atom. The van der Waals surface area contributed by atoms with Gasteiger partial charge in [-0.2, -0.15) is 0 Å². The predicted octanol–water partition coefficient (Wildman–Crippen LogP) is 5.61. The normalized spacial score (nSPS) is 13.2. The molecule has 0 saturated heterocycles. The van der Waals surface area contributed by atoms with Gasteiger partial charge in [0.2, 0.25) is 6.29 Å². The van der Waals surface area contributed by atoms with Gasteiger partial charge in [0, 0.05) is 48.3 Å². The van der Waals surface area contributed by atoms with Gasteiger partial charge in [0.15, 0.2) is 0 Å². The molecule has 1 aromatic heterocycles. The van der Waals surface area contributed by atoms with Crippen LogP contribution in [0.25, 0.3) is 10.9 Å². The number of benzene rings is 3. The second kappa shape index (κ2) is 14.6. The summed E-state index contributed by atoms with van der Waals surface area (Å²) >= 11 is 0. The molecule has 240 valence electrons. The van der Waals surface area contributed by atoms with E-state index in [9.17, 15) is 23.1 Å². The van der Waals surface area contributed by atoms with Crippen LogP contribution < -0.4 is 10.0 Å². The summed E-state index contributed by atoms with van der Waals surface area (Å²) in [5.41, 5.74) is 1.87. The summed E-state index contributed by atoms with van der Waals surface area (Å²) in [4.78, 5) is 24.1. The molecule has 3 aromatic carbocycles. The summed E-state index contributed by atoms with van der Waals surface area (Å²) < 4.78 is 44.8. The van der Waals surface area contributed by atoms with E-state index in [2.05, 4.69) is 14.6 Å². The number of rotatable bonds is 14. The number of anilines is 1. The standard InChI is InChI=1S/C33H39N3O8S/c1-5-42-32(39)44-23(2)43-31(38)26-14-15-29-24(20-26)16-18-36(29)19-17-33(3,4)34-22-30(37)25-10-9-11-27(21-25)35-45(40,41)28-12-7-6-8-13-28/h6-16,18,20-21,23,30,34-35,37H,5,17,19,22H2,1-4H3/t23?,30-/m0/s1. The highest BCUT2D eigenvalue weighted by molar-refractivity contribution is 7.92. The highest BCUT2D eigenvalue weighted by atomic mass is 32.2. The lowest BCUT2D eigenvalue weighted by molar-refractivity contribution is -0.0811. The molecule has 4 rings (SSSR count). The van der Waals surface area contributed by atoms with Crippen molar-refractivity contribution >= 4 is 38.7 Å². The zero-order valence-electron chi connectivity index (χ0n) is 25.7. The number of nitrogens with one attached hydrogen (secondary N) is 2. The summed E-state index contributed by atoms with van der Waals surface area (Å²) in [5.74, 6) is -0.621. The number of β-amino-alcohol motifs (C(OH)–C–C–N with tert-alkyl or cyclic N) is 1. The maximum atomic E-state index is 12.7. The lowest BCUT2D eigenvalue weighted by Gasteiger charge is -2.28. The van der Waals surface area contributed by atoms with E-state index in [0.29, 0.717) is 23.4 Å². The number of carbonyl (C=O) groups excluding carboxylic acids is 2. The average Bonchev–Trinajstić information content (AvgIpc) is 3.41. The van der Waals surface area contributed by atoms with Crippen molar-refractivity contribution in [3.63, 3.8) is 0 Å². The summed E-state index contributed by atoms with van der Waals surface area (Å²) in [6, 6.07) is 22.0. The van der Waals surface area contributed by atoms with Gasteiger partial charge in [-0.05, 0) is 81.3 Å². The third-order valence-electron chi connectivity index (χ3n) is 7.13. The number of esters is 1. The molecule has 3 N–H and O–H groups in total. The topological polar surface area (TPSA) is 145 Å². The van der Waals surface area contributed by atoms with E-state index in [1.807, 2.05) is 32.2 Å². The van der Waals surface area contributed by atoms with Crippen LogP contribution in [0.1, 0.15) is 56.1 Å². The summed E-state index contributed by atoms with van der Waals surface area (Å²) in [7, 11) is -3.75. The molecule has 0 spiro atoms. The molecule has 0 aliphatic heterocycles. The fourth-order valence-electron chi connectivity index (χ4n) is 4.65. The lowest BCUT2D eigenvalue weighted by atomic mass is 9.99. The number of nitrogens with zero attached hydrogens (tertiary/aromatic N) is 1. The number of ether oxygens (including phenoxy) is 3. The Balaban J connectivity index is 1.31. The predicted molar refractivity (Wildman–Crippen MR) is 170 cm³/mol. The second-order valence-corrected chi connectivity index (χ2v) is 12.8. The first-order valence-corrected chi connectivity index (χ1v) is 16.1. The maximum absolute atomic E-state index is 12.7. The van der Waals surface area contributed by atoms with Crippen LogP contribution in [-0.4, -0.2) is 55.2 Å². The molecule has 0 amide bonds. The fourth-order valence-corrected chi connectivity index (χ4v) is 5.73. The number of fused-ring (bicyclic) bond motifs is 1. The zero-order valence-corrected chi connectivity index (χ0v) is 26.5. The van der Waals surface area contributed by atoms with Crippen molar-refractivity contribution in [3.05, 3.63) is 96.2 Å². The number of aliphatic hydroxyl groups excluding tert-OH is 1. The molecule has 1 unspecified atom stereocenters. The van der Waals surface area contributed by atoms with Crippen molar-refractivity contribution in [2.24, 2.45) is 0 Å². The summed E-state index contributed by atoms with van der Waals surface area (Å²) in [5, 5.41) is 15.2. The van der Waals surface area contributed by atoms with E-state index < -0.39 is 34.5 Å². The highest BCUT2D eigenvalue weighted by Gasteiger charge is 2.21. The Kier molecular flexibility index (Phi) is 10.9. The Hall–Kier alpha value is -4.39. The van der Waals surface area contributed by atoms with Crippen molar-refractivity contribution < 1.29 is 37.3 Å². The van der Waals surface area contributed by atoms with Crippen molar-refractivity contribution in [3.8, 4) is 0 Å². The molecule has 45 heavy (non-hydrogen) atoms. The SMILES string of the molecule is CCOC(=O)OC(C)OC(=O)c1ccc2c(ccn2CCC(C)(C)NC[C@H](O)c2cccc(NS(=O)(=O)c3ccccc3)c2)c1. The van der Waals surface area contributed by atoms with Gasteiger partial charge in [0.1, 0.15) is 0 Å². The minimum Gasteiger partial charge on any atom is -0.435 e. The fraction of sp³-hybridized carbons (Fsp3) is 0.333. The first-order chi connectivity index (χ1) is 21.4. The van der Waals surface area contributed by atoms with Crippen LogP contribution in [0, 0.1) is 0 Å². The van der Waals surface area contributed by atoms with E-state index in [4.69, 9.17) is 14.2 Å². The van der Waals surface area contributed by atoms with Crippen LogP contribution in [0.5, 0.6) is 0 Å². The number of hydrogen-bond acceptors (Lipinski definition) is 9. The minimum absolute atomic E-state index is 0.153. The number of aromatic nitrogens is 1. The molecule has 0 saturated carbocycles. The first-order valence-electron chi connectivity index (χ1n) is 14.6. The first kappa shape index (κ1) is 33.5. The Bertz CT molecular complexity index is 1720. The Morgan fingerprint density at radius 3 is 2.47 bits per heavy atom. The molecular weight excluding hydrogens is 598 g/mol. The molecule has 4 aromatic rings. The van der Waals surface area contributed by atoms with Gasteiger partial charge in [-0.15, -0.1) is 0 Å². The van der Waals surface area contributed by atoms with Gasteiger partial charge in [0.25, 0.3) is 10.0 Å². The van der Waals surface area contributed by atoms with Gasteiger partial charge in [0.05, 0.1) is 23.2 Å². The quantitative estimate of drug-likeness (QED) is 0.119.